The maximum absolute atomic E-state index is 11.6. The molecular weight excluding hydrogens is 288 g/mol. The first-order chi connectivity index (χ1) is 10.2. The van der Waals surface area contributed by atoms with E-state index in [4.69, 9.17) is 16.3 Å². The Hall–Kier alpha value is -1.26. The molecule has 0 bridgehead atoms. The van der Waals surface area contributed by atoms with Crippen LogP contribution in [0.15, 0.2) is 24.3 Å². The van der Waals surface area contributed by atoms with E-state index in [-0.39, 0.29) is 6.03 Å². The Morgan fingerprint density at radius 3 is 2.62 bits per heavy atom. The minimum Gasteiger partial charge on any atom is -0.381 e. The Morgan fingerprint density at radius 2 is 1.86 bits per heavy atom. The largest absolute Gasteiger partial charge is 0.381 e. The Kier molecular flexibility index (Phi) is 9.66. The molecule has 4 nitrogen and oxygen atoms in total. The van der Waals surface area contributed by atoms with Gasteiger partial charge in [-0.05, 0) is 30.9 Å². The van der Waals surface area contributed by atoms with Crippen molar-refractivity contribution in [1.82, 2.24) is 10.6 Å². The fourth-order valence-corrected chi connectivity index (χ4v) is 2.03. The molecule has 0 aromatic heterocycles. The van der Waals surface area contributed by atoms with Crippen molar-refractivity contribution >= 4 is 17.6 Å². The molecule has 0 fully saturated rings. The topological polar surface area (TPSA) is 50.4 Å². The molecule has 0 saturated heterocycles. The lowest BCUT2D eigenvalue weighted by Gasteiger charge is -2.08. The van der Waals surface area contributed by atoms with E-state index in [1.807, 2.05) is 24.3 Å². The number of carbonyl (C=O) groups is 1. The second-order valence-electron chi connectivity index (χ2n) is 4.84. The number of benzene rings is 1. The summed E-state index contributed by atoms with van der Waals surface area (Å²) in [7, 11) is 0. The number of unbranched alkanes of at least 4 members (excludes halogenated alkanes) is 1. The zero-order valence-electron chi connectivity index (χ0n) is 12.7. The first kappa shape index (κ1) is 17.8. The van der Waals surface area contributed by atoms with Crippen LogP contribution in [-0.4, -0.2) is 32.3 Å². The number of nitrogens with one attached hydrogen (secondary N) is 2. The van der Waals surface area contributed by atoms with Gasteiger partial charge >= 0.3 is 6.03 Å². The predicted molar refractivity (Wildman–Crippen MR) is 86.9 cm³/mol. The number of rotatable bonds is 10. The molecule has 0 spiro atoms. The van der Waals surface area contributed by atoms with Crippen molar-refractivity contribution in [3.05, 3.63) is 34.9 Å². The third-order valence-corrected chi connectivity index (χ3v) is 3.40. The Balaban J connectivity index is 2.00. The van der Waals surface area contributed by atoms with Crippen LogP contribution in [0.5, 0.6) is 0 Å². The summed E-state index contributed by atoms with van der Waals surface area (Å²) in [5.74, 6) is 0. The fraction of sp³-hybridized carbons (Fsp3) is 0.562. The number of urea groups is 1. The molecule has 2 amide bonds. The van der Waals surface area contributed by atoms with Crippen LogP contribution in [0.2, 0.25) is 5.02 Å². The molecule has 0 aliphatic rings. The van der Waals surface area contributed by atoms with Crippen LogP contribution in [0.25, 0.3) is 0 Å². The molecule has 1 aromatic rings. The lowest BCUT2D eigenvalue weighted by Crippen LogP contribution is -2.37. The Bertz CT molecular complexity index is 413. The van der Waals surface area contributed by atoms with Gasteiger partial charge < -0.3 is 15.4 Å². The van der Waals surface area contributed by atoms with Crippen molar-refractivity contribution < 1.29 is 9.53 Å². The van der Waals surface area contributed by atoms with Crippen molar-refractivity contribution in [2.45, 2.75) is 32.6 Å². The molecule has 5 heteroatoms. The molecule has 2 N–H and O–H groups in total. The van der Waals surface area contributed by atoms with Crippen molar-refractivity contribution in [3.8, 4) is 0 Å². The third kappa shape index (κ3) is 8.58. The summed E-state index contributed by atoms with van der Waals surface area (Å²) in [5.41, 5.74) is 1.05. The fourth-order valence-electron chi connectivity index (χ4n) is 1.80. The van der Waals surface area contributed by atoms with Crippen molar-refractivity contribution in [2.24, 2.45) is 0 Å². The first-order valence-corrected chi connectivity index (χ1v) is 7.94. The second-order valence-corrected chi connectivity index (χ2v) is 5.25. The van der Waals surface area contributed by atoms with Gasteiger partial charge in [-0.3, -0.25) is 0 Å². The number of ether oxygens (including phenoxy) is 1. The maximum atomic E-state index is 11.6. The van der Waals surface area contributed by atoms with Crippen LogP contribution >= 0.6 is 11.6 Å². The van der Waals surface area contributed by atoms with Crippen molar-refractivity contribution in [1.29, 1.82) is 0 Å². The van der Waals surface area contributed by atoms with E-state index in [0.717, 1.165) is 42.9 Å². The Morgan fingerprint density at radius 1 is 1.14 bits per heavy atom. The van der Waals surface area contributed by atoms with Crippen LogP contribution in [0.1, 0.15) is 31.7 Å². The van der Waals surface area contributed by atoms with Crippen LogP contribution in [0.3, 0.4) is 0 Å². The average molecular weight is 313 g/mol. The summed E-state index contributed by atoms with van der Waals surface area (Å²) >= 11 is 6.05. The zero-order chi connectivity index (χ0) is 15.3. The quantitative estimate of drug-likeness (QED) is 0.651. The number of carbonyl (C=O) groups excluding carboxylic acids is 1. The highest BCUT2D eigenvalue weighted by Crippen LogP contribution is 2.14. The van der Waals surface area contributed by atoms with Crippen LogP contribution < -0.4 is 10.6 Å². The van der Waals surface area contributed by atoms with Crippen molar-refractivity contribution in [2.75, 3.05) is 26.3 Å². The molecule has 0 atom stereocenters. The third-order valence-electron chi connectivity index (χ3n) is 3.03. The molecule has 1 aromatic carbocycles. The predicted octanol–water partition coefficient (Wildman–Crippen LogP) is 3.39. The zero-order valence-corrected chi connectivity index (χ0v) is 13.4. The highest BCUT2D eigenvalue weighted by atomic mass is 35.5. The van der Waals surface area contributed by atoms with E-state index in [1.165, 1.54) is 0 Å². The SMILES string of the molecule is CCCCOCCCNC(=O)NCCc1ccccc1Cl. The summed E-state index contributed by atoms with van der Waals surface area (Å²) in [4.78, 5) is 11.6. The smallest absolute Gasteiger partial charge is 0.314 e. The summed E-state index contributed by atoms with van der Waals surface area (Å²) < 4.78 is 5.42. The molecule has 0 saturated carbocycles. The molecule has 21 heavy (non-hydrogen) atoms. The standard InChI is InChI=1S/C16H25ClN2O2/c1-2-3-12-21-13-6-10-18-16(20)19-11-9-14-7-4-5-8-15(14)17/h4-5,7-8H,2-3,6,9-13H2,1H3,(H2,18,19,20). The number of halogens is 1. The lowest BCUT2D eigenvalue weighted by molar-refractivity contribution is 0.129. The molecule has 0 heterocycles. The van der Waals surface area contributed by atoms with Crippen LogP contribution in [0, 0.1) is 0 Å². The number of hydrogen-bond donors (Lipinski definition) is 2. The van der Waals surface area contributed by atoms with Gasteiger partial charge in [0, 0.05) is 31.3 Å². The minimum atomic E-state index is -0.143. The van der Waals surface area contributed by atoms with E-state index in [1.54, 1.807) is 0 Å². The number of amides is 2. The van der Waals surface area contributed by atoms with E-state index >= 15 is 0 Å². The molecule has 0 radical (unpaired) electrons. The van der Waals surface area contributed by atoms with Gasteiger partial charge in [0.05, 0.1) is 0 Å². The van der Waals surface area contributed by atoms with Crippen LogP contribution in [0.4, 0.5) is 4.79 Å². The molecule has 118 valence electrons. The van der Waals surface area contributed by atoms with E-state index in [0.29, 0.717) is 19.7 Å². The molecule has 0 unspecified atom stereocenters. The summed E-state index contributed by atoms with van der Waals surface area (Å²) in [6.45, 7) is 4.84. The summed E-state index contributed by atoms with van der Waals surface area (Å²) in [6, 6.07) is 7.52. The highest BCUT2D eigenvalue weighted by molar-refractivity contribution is 6.31. The highest BCUT2D eigenvalue weighted by Gasteiger charge is 2.01. The Labute approximate surface area is 132 Å². The monoisotopic (exact) mass is 312 g/mol. The minimum absolute atomic E-state index is 0.143. The van der Waals surface area contributed by atoms with E-state index in [9.17, 15) is 4.79 Å². The normalized spacial score (nSPS) is 10.4. The average Bonchev–Trinajstić information content (AvgIpc) is 2.48. The van der Waals surface area contributed by atoms with Gasteiger partial charge in [0.1, 0.15) is 0 Å². The van der Waals surface area contributed by atoms with Gasteiger partial charge in [-0.25, -0.2) is 4.79 Å². The van der Waals surface area contributed by atoms with Crippen molar-refractivity contribution in [3.63, 3.8) is 0 Å². The van der Waals surface area contributed by atoms with Gasteiger partial charge in [-0.1, -0.05) is 43.1 Å². The number of hydrogen-bond acceptors (Lipinski definition) is 2. The van der Waals surface area contributed by atoms with E-state index in [2.05, 4.69) is 17.6 Å². The maximum Gasteiger partial charge on any atom is 0.314 e. The van der Waals surface area contributed by atoms with E-state index < -0.39 is 0 Å². The second kappa shape index (κ2) is 11.4. The van der Waals surface area contributed by atoms with Crippen LogP contribution in [-0.2, 0) is 11.2 Å². The molecule has 0 aliphatic carbocycles. The van der Waals surface area contributed by atoms with Gasteiger partial charge in [0.2, 0.25) is 0 Å². The molecule has 0 aliphatic heterocycles. The van der Waals surface area contributed by atoms with Gasteiger partial charge in [-0.15, -0.1) is 0 Å². The summed E-state index contributed by atoms with van der Waals surface area (Å²) in [6.07, 6.45) is 3.80. The molecule has 1 rings (SSSR count). The van der Waals surface area contributed by atoms with Gasteiger partial charge in [-0.2, -0.15) is 0 Å². The summed E-state index contributed by atoms with van der Waals surface area (Å²) in [5, 5.41) is 6.37. The first-order valence-electron chi connectivity index (χ1n) is 7.57. The molecular formula is C16H25ClN2O2. The van der Waals surface area contributed by atoms with Gasteiger partial charge in [0.25, 0.3) is 0 Å². The lowest BCUT2D eigenvalue weighted by atomic mass is 10.1. The van der Waals surface area contributed by atoms with Gasteiger partial charge in [0.15, 0.2) is 0 Å².